The van der Waals surface area contributed by atoms with Crippen LogP contribution >= 0.6 is 11.8 Å². The molecule has 0 bridgehead atoms. The Morgan fingerprint density at radius 1 is 1.24 bits per heavy atom. The zero-order chi connectivity index (χ0) is 17.2. The molecule has 3 aromatic rings. The molecule has 25 heavy (non-hydrogen) atoms. The van der Waals surface area contributed by atoms with E-state index in [1.165, 1.54) is 23.7 Å². The van der Waals surface area contributed by atoms with E-state index in [0.717, 1.165) is 41.8 Å². The van der Waals surface area contributed by atoms with Crippen molar-refractivity contribution >= 4 is 11.8 Å². The van der Waals surface area contributed by atoms with E-state index >= 15 is 0 Å². The van der Waals surface area contributed by atoms with Crippen LogP contribution < -0.4 is 0 Å². The molecule has 0 aliphatic carbocycles. The van der Waals surface area contributed by atoms with E-state index in [9.17, 15) is 0 Å². The number of likely N-dealkylation sites (tertiary alicyclic amines) is 1. The molecule has 4 heterocycles. The van der Waals surface area contributed by atoms with E-state index in [1.807, 2.05) is 26.0 Å². The van der Waals surface area contributed by atoms with Gasteiger partial charge in [0.25, 0.3) is 0 Å². The van der Waals surface area contributed by atoms with Crippen LogP contribution in [0.4, 0.5) is 0 Å². The molecule has 1 saturated heterocycles. The van der Waals surface area contributed by atoms with E-state index in [0.29, 0.717) is 11.2 Å². The van der Waals surface area contributed by atoms with Crippen LogP contribution in [-0.4, -0.2) is 26.6 Å². The monoisotopic (exact) mass is 356 g/mol. The second kappa shape index (κ2) is 7.01. The van der Waals surface area contributed by atoms with Crippen molar-refractivity contribution in [2.24, 2.45) is 0 Å². The molecule has 6 nitrogen and oxygen atoms in total. The summed E-state index contributed by atoms with van der Waals surface area (Å²) in [6.07, 6.45) is 5.77. The summed E-state index contributed by atoms with van der Waals surface area (Å²) in [7, 11) is 0. The van der Waals surface area contributed by atoms with Gasteiger partial charge in [0.2, 0.25) is 0 Å². The highest BCUT2D eigenvalue weighted by Crippen LogP contribution is 2.37. The molecule has 1 fully saturated rings. The molecular weight excluding hydrogens is 336 g/mol. The lowest BCUT2D eigenvalue weighted by Crippen LogP contribution is -2.23. The Labute approximate surface area is 150 Å². The fourth-order valence-corrected chi connectivity index (χ4v) is 4.13. The third-order valence-corrected chi connectivity index (χ3v) is 5.33. The van der Waals surface area contributed by atoms with Crippen molar-refractivity contribution in [3.8, 4) is 0 Å². The standard InChI is InChI=1S/C18H20N4O2S/c1-12-17(13(2)24-21-12)15-5-3-10-22(15)11-14-6-7-16(23-14)25-18-19-8-4-9-20-18/h4,6-9,15H,3,5,10-11H2,1-2H3. The average molecular weight is 356 g/mol. The molecule has 0 saturated carbocycles. The fourth-order valence-electron chi connectivity index (χ4n) is 3.43. The Morgan fingerprint density at radius 2 is 2.08 bits per heavy atom. The number of aromatic nitrogens is 3. The van der Waals surface area contributed by atoms with Gasteiger partial charge in [0, 0.05) is 24.0 Å². The first-order chi connectivity index (χ1) is 12.2. The van der Waals surface area contributed by atoms with Gasteiger partial charge in [-0.3, -0.25) is 4.90 Å². The van der Waals surface area contributed by atoms with Crippen molar-refractivity contribution in [1.29, 1.82) is 0 Å². The van der Waals surface area contributed by atoms with Crippen molar-refractivity contribution in [1.82, 2.24) is 20.0 Å². The lowest BCUT2D eigenvalue weighted by atomic mass is 10.0. The summed E-state index contributed by atoms with van der Waals surface area (Å²) in [6, 6.07) is 6.18. The highest BCUT2D eigenvalue weighted by atomic mass is 32.2. The summed E-state index contributed by atoms with van der Waals surface area (Å²) in [5, 5.41) is 5.62. The van der Waals surface area contributed by atoms with Gasteiger partial charge in [0.1, 0.15) is 11.5 Å². The molecule has 0 spiro atoms. The van der Waals surface area contributed by atoms with Crippen LogP contribution in [-0.2, 0) is 6.54 Å². The van der Waals surface area contributed by atoms with Gasteiger partial charge in [-0.05, 0) is 63.2 Å². The summed E-state index contributed by atoms with van der Waals surface area (Å²) >= 11 is 1.44. The number of aryl methyl sites for hydroxylation is 2. The van der Waals surface area contributed by atoms with Crippen LogP contribution in [0.25, 0.3) is 0 Å². The molecule has 0 aromatic carbocycles. The molecule has 1 unspecified atom stereocenters. The maximum absolute atomic E-state index is 5.98. The van der Waals surface area contributed by atoms with Crippen LogP contribution in [0, 0.1) is 13.8 Å². The van der Waals surface area contributed by atoms with Crippen molar-refractivity contribution in [2.75, 3.05) is 6.54 Å². The van der Waals surface area contributed by atoms with E-state index in [-0.39, 0.29) is 0 Å². The quantitative estimate of drug-likeness (QED) is 0.636. The number of hydrogen-bond acceptors (Lipinski definition) is 7. The minimum absolute atomic E-state index is 0.352. The highest BCUT2D eigenvalue weighted by Gasteiger charge is 2.31. The van der Waals surface area contributed by atoms with Crippen molar-refractivity contribution in [3.05, 3.63) is 53.4 Å². The minimum atomic E-state index is 0.352. The number of rotatable bonds is 5. The van der Waals surface area contributed by atoms with Crippen LogP contribution in [0.5, 0.6) is 0 Å². The van der Waals surface area contributed by atoms with Gasteiger partial charge in [-0.15, -0.1) is 0 Å². The molecule has 3 aromatic heterocycles. The Hall–Kier alpha value is -2.12. The van der Waals surface area contributed by atoms with Crippen molar-refractivity contribution in [2.45, 2.75) is 49.5 Å². The van der Waals surface area contributed by atoms with Gasteiger partial charge in [0.05, 0.1) is 12.2 Å². The zero-order valence-electron chi connectivity index (χ0n) is 14.3. The van der Waals surface area contributed by atoms with Crippen molar-refractivity contribution < 1.29 is 8.94 Å². The normalized spacial score (nSPS) is 18.1. The molecule has 0 N–H and O–H groups in total. The Morgan fingerprint density at radius 3 is 2.84 bits per heavy atom. The number of nitrogens with zero attached hydrogens (tertiary/aromatic N) is 4. The van der Waals surface area contributed by atoms with E-state index in [1.54, 1.807) is 18.5 Å². The van der Waals surface area contributed by atoms with Gasteiger partial charge in [-0.1, -0.05) is 5.16 Å². The van der Waals surface area contributed by atoms with Gasteiger partial charge in [-0.25, -0.2) is 9.97 Å². The molecular formula is C18H20N4O2S. The molecule has 0 radical (unpaired) electrons. The first-order valence-electron chi connectivity index (χ1n) is 8.41. The van der Waals surface area contributed by atoms with Crippen LogP contribution in [0.3, 0.4) is 0 Å². The van der Waals surface area contributed by atoms with Gasteiger partial charge < -0.3 is 8.94 Å². The summed E-state index contributed by atoms with van der Waals surface area (Å²) in [5.74, 6) is 1.88. The highest BCUT2D eigenvalue weighted by molar-refractivity contribution is 7.99. The Balaban J connectivity index is 1.47. The Bertz CT molecular complexity index is 826. The first-order valence-corrected chi connectivity index (χ1v) is 9.23. The molecule has 4 rings (SSSR count). The molecule has 1 aliphatic rings. The van der Waals surface area contributed by atoms with Gasteiger partial charge in [0.15, 0.2) is 10.2 Å². The predicted molar refractivity (Wildman–Crippen MR) is 93.2 cm³/mol. The molecule has 130 valence electrons. The first kappa shape index (κ1) is 16.4. The Kier molecular flexibility index (Phi) is 4.59. The van der Waals surface area contributed by atoms with Gasteiger partial charge >= 0.3 is 0 Å². The lowest BCUT2D eigenvalue weighted by molar-refractivity contribution is 0.220. The summed E-state index contributed by atoms with van der Waals surface area (Å²) in [6.45, 7) is 5.85. The van der Waals surface area contributed by atoms with E-state index in [2.05, 4.69) is 20.0 Å². The maximum atomic E-state index is 5.98. The second-order valence-corrected chi connectivity index (χ2v) is 7.19. The van der Waals surface area contributed by atoms with E-state index < -0.39 is 0 Å². The topological polar surface area (TPSA) is 68.2 Å². The fraction of sp³-hybridized carbons (Fsp3) is 0.389. The summed E-state index contributed by atoms with van der Waals surface area (Å²) < 4.78 is 11.3. The minimum Gasteiger partial charge on any atom is -0.453 e. The maximum Gasteiger partial charge on any atom is 0.195 e. The van der Waals surface area contributed by atoms with Crippen LogP contribution in [0.2, 0.25) is 0 Å². The molecule has 1 aliphatic heterocycles. The number of hydrogen-bond donors (Lipinski definition) is 0. The number of furan rings is 1. The lowest BCUT2D eigenvalue weighted by Gasteiger charge is -2.23. The molecule has 0 amide bonds. The predicted octanol–water partition coefficient (Wildman–Crippen LogP) is 4.16. The largest absolute Gasteiger partial charge is 0.453 e. The SMILES string of the molecule is Cc1noc(C)c1C1CCCN1Cc1ccc(Sc2ncccn2)o1. The average Bonchev–Trinajstić information content (AvgIpc) is 3.31. The van der Waals surface area contributed by atoms with Crippen LogP contribution in [0.15, 0.2) is 49.8 Å². The van der Waals surface area contributed by atoms with Crippen molar-refractivity contribution in [3.63, 3.8) is 0 Å². The zero-order valence-corrected chi connectivity index (χ0v) is 15.1. The molecule has 1 atom stereocenters. The molecule has 7 heteroatoms. The van der Waals surface area contributed by atoms with Gasteiger partial charge in [-0.2, -0.15) is 0 Å². The second-order valence-electron chi connectivity index (χ2n) is 6.22. The smallest absolute Gasteiger partial charge is 0.195 e. The summed E-state index contributed by atoms with van der Waals surface area (Å²) in [5.41, 5.74) is 2.22. The summed E-state index contributed by atoms with van der Waals surface area (Å²) in [4.78, 5) is 10.9. The van der Waals surface area contributed by atoms with E-state index in [4.69, 9.17) is 8.94 Å². The van der Waals surface area contributed by atoms with Crippen LogP contribution in [0.1, 0.15) is 41.7 Å². The third kappa shape index (κ3) is 3.48. The third-order valence-electron chi connectivity index (χ3n) is 4.52.